The lowest BCUT2D eigenvalue weighted by Crippen LogP contribution is -2.19. The predicted octanol–water partition coefficient (Wildman–Crippen LogP) is 3.85. The summed E-state index contributed by atoms with van der Waals surface area (Å²) in [7, 11) is -1.67. The summed E-state index contributed by atoms with van der Waals surface area (Å²) in [5.74, 6) is 0. The van der Waals surface area contributed by atoms with Gasteiger partial charge in [-0.2, -0.15) is 0 Å². The van der Waals surface area contributed by atoms with E-state index in [1.54, 1.807) is 30.3 Å². The highest BCUT2D eigenvalue weighted by atomic mass is 32.2. The van der Waals surface area contributed by atoms with E-state index in [4.69, 9.17) is 0 Å². The lowest BCUT2D eigenvalue weighted by molar-refractivity contribution is 0.315. The van der Waals surface area contributed by atoms with Crippen LogP contribution in [0.2, 0.25) is 0 Å². The van der Waals surface area contributed by atoms with Gasteiger partial charge in [-0.1, -0.05) is 54.1 Å². The van der Waals surface area contributed by atoms with Crippen LogP contribution in [0.5, 0.6) is 0 Å². The van der Waals surface area contributed by atoms with Crippen LogP contribution in [-0.4, -0.2) is 25.3 Å². The Labute approximate surface area is 155 Å². The Hall–Kier alpha value is -2.50. The maximum absolute atomic E-state index is 13.0. The van der Waals surface area contributed by atoms with Crippen LogP contribution in [0.15, 0.2) is 82.8 Å². The summed E-state index contributed by atoms with van der Waals surface area (Å²) in [5, 5.41) is 0.128. The summed E-state index contributed by atoms with van der Waals surface area (Å²) < 4.78 is 26.0. The van der Waals surface area contributed by atoms with Gasteiger partial charge in [0.25, 0.3) is 0 Å². The van der Waals surface area contributed by atoms with Gasteiger partial charge in [-0.25, -0.2) is 13.4 Å². The van der Waals surface area contributed by atoms with Crippen LogP contribution in [0, 0.1) is 6.92 Å². The summed E-state index contributed by atoms with van der Waals surface area (Å²) in [6.45, 7) is 3.17. The molecule has 0 saturated heterocycles. The van der Waals surface area contributed by atoms with Crippen LogP contribution in [0.1, 0.15) is 16.7 Å². The van der Waals surface area contributed by atoms with Gasteiger partial charge in [0, 0.05) is 24.8 Å². The second-order valence-electron chi connectivity index (χ2n) is 6.44. The van der Waals surface area contributed by atoms with E-state index in [-0.39, 0.29) is 9.92 Å². The third-order valence-corrected chi connectivity index (χ3v) is 5.94. The summed E-state index contributed by atoms with van der Waals surface area (Å²) in [5.41, 5.74) is 2.90. The minimum absolute atomic E-state index is 0.128. The van der Waals surface area contributed by atoms with Crippen LogP contribution in [-0.2, 0) is 22.9 Å². The smallest absolute Gasteiger partial charge is 0.224 e. The lowest BCUT2D eigenvalue weighted by atomic mass is 10.2. The first-order chi connectivity index (χ1) is 12.5. The third-order valence-electron chi connectivity index (χ3n) is 4.17. The standard InChI is InChI=1S/C21H22N2O2S/c1-17-10-12-20(13-11-17)26(24,25)21-19(9-6-14-22-21)16-23(2)15-18-7-4-3-5-8-18/h3-14H,15-16H2,1-2H3. The van der Waals surface area contributed by atoms with E-state index in [0.717, 1.165) is 12.1 Å². The summed E-state index contributed by atoms with van der Waals surface area (Å²) in [6, 6.07) is 20.6. The number of nitrogens with zero attached hydrogens (tertiary/aromatic N) is 2. The van der Waals surface area contributed by atoms with Crippen molar-refractivity contribution in [3.63, 3.8) is 0 Å². The van der Waals surface area contributed by atoms with Crippen LogP contribution in [0.4, 0.5) is 0 Å². The Kier molecular flexibility index (Phi) is 5.49. The monoisotopic (exact) mass is 366 g/mol. The van der Waals surface area contributed by atoms with Crippen molar-refractivity contribution in [3.05, 3.63) is 89.6 Å². The van der Waals surface area contributed by atoms with E-state index in [1.807, 2.05) is 38.2 Å². The SMILES string of the molecule is Cc1ccc(S(=O)(=O)c2ncccc2CN(C)Cc2ccccc2)cc1. The Morgan fingerprint density at radius 2 is 1.58 bits per heavy atom. The molecule has 2 aromatic carbocycles. The molecule has 0 unspecified atom stereocenters. The van der Waals surface area contributed by atoms with Crippen LogP contribution in [0.25, 0.3) is 0 Å². The second-order valence-corrected chi connectivity index (χ2v) is 8.31. The molecule has 0 atom stereocenters. The molecule has 0 aliphatic heterocycles. The number of rotatable bonds is 6. The van der Waals surface area contributed by atoms with E-state index < -0.39 is 9.84 Å². The third kappa shape index (κ3) is 4.18. The van der Waals surface area contributed by atoms with Crippen LogP contribution in [0.3, 0.4) is 0 Å². The molecule has 26 heavy (non-hydrogen) atoms. The number of aryl methyl sites for hydroxylation is 1. The molecule has 4 nitrogen and oxygen atoms in total. The van der Waals surface area contributed by atoms with E-state index >= 15 is 0 Å². The Morgan fingerprint density at radius 3 is 2.27 bits per heavy atom. The van der Waals surface area contributed by atoms with Gasteiger partial charge >= 0.3 is 0 Å². The van der Waals surface area contributed by atoms with Crippen molar-refractivity contribution >= 4 is 9.84 Å². The topological polar surface area (TPSA) is 50.3 Å². The van der Waals surface area contributed by atoms with E-state index in [0.29, 0.717) is 12.1 Å². The summed E-state index contributed by atoms with van der Waals surface area (Å²) >= 11 is 0. The van der Waals surface area contributed by atoms with Gasteiger partial charge in [0.15, 0.2) is 5.03 Å². The zero-order valence-electron chi connectivity index (χ0n) is 15.0. The molecule has 0 bridgehead atoms. The zero-order chi connectivity index (χ0) is 18.6. The van der Waals surface area contributed by atoms with E-state index in [9.17, 15) is 8.42 Å². The van der Waals surface area contributed by atoms with E-state index in [2.05, 4.69) is 22.0 Å². The molecule has 3 rings (SSSR count). The molecular formula is C21H22N2O2S. The minimum atomic E-state index is -3.64. The lowest BCUT2D eigenvalue weighted by Gasteiger charge is -2.18. The zero-order valence-corrected chi connectivity index (χ0v) is 15.8. The molecule has 0 saturated carbocycles. The van der Waals surface area contributed by atoms with Gasteiger partial charge in [-0.3, -0.25) is 4.90 Å². The van der Waals surface area contributed by atoms with Crippen molar-refractivity contribution in [2.24, 2.45) is 0 Å². The average molecular weight is 366 g/mol. The molecule has 5 heteroatoms. The number of hydrogen-bond donors (Lipinski definition) is 0. The molecule has 1 aromatic heterocycles. The molecule has 3 aromatic rings. The first kappa shape index (κ1) is 18.3. The molecule has 0 fully saturated rings. The molecule has 134 valence electrons. The molecule has 0 aliphatic carbocycles. The quantitative estimate of drug-likeness (QED) is 0.665. The van der Waals surface area contributed by atoms with E-state index in [1.165, 1.54) is 11.8 Å². The number of aromatic nitrogens is 1. The fraction of sp³-hybridized carbons (Fsp3) is 0.190. The second kappa shape index (κ2) is 7.81. The number of benzene rings is 2. The molecule has 0 N–H and O–H groups in total. The molecule has 0 radical (unpaired) electrons. The van der Waals surface area contributed by atoms with Crippen molar-refractivity contribution in [2.75, 3.05) is 7.05 Å². The first-order valence-corrected chi connectivity index (χ1v) is 9.93. The van der Waals surface area contributed by atoms with Gasteiger partial charge in [-0.05, 0) is 37.7 Å². The van der Waals surface area contributed by atoms with Crippen molar-refractivity contribution in [1.29, 1.82) is 0 Å². The van der Waals surface area contributed by atoms with Gasteiger partial charge in [0.1, 0.15) is 0 Å². The maximum Gasteiger partial charge on any atom is 0.224 e. The number of pyridine rings is 1. The Balaban J connectivity index is 1.87. The fourth-order valence-corrected chi connectivity index (χ4v) is 4.25. The minimum Gasteiger partial charge on any atom is -0.298 e. The van der Waals surface area contributed by atoms with Crippen LogP contribution >= 0.6 is 0 Å². The summed E-state index contributed by atoms with van der Waals surface area (Å²) in [4.78, 5) is 6.55. The van der Waals surface area contributed by atoms with Gasteiger partial charge in [0.05, 0.1) is 4.90 Å². The summed E-state index contributed by atoms with van der Waals surface area (Å²) in [6.07, 6.45) is 1.53. The number of sulfone groups is 1. The molecule has 0 amide bonds. The molecular weight excluding hydrogens is 344 g/mol. The van der Waals surface area contributed by atoms with Crippen molar-refractivity contribution < 1.29 is 8.42 Å². The van der Waals surface area contributed by atoms with Gasteiger partial charge < -0.3 is 0 Å². The first-order valence-electron chi connectivity index (χ1n) is 8.45. The largest absolute Gasteiger partial charge is 0.298 e. The van der Waals surface area contributed by atoms with Crippen molar-refractivity contribution in [3.8, 4) is 0 Å². The molecule has 0 spiro atoms. The van der Waals surface area contributed by atoms with Gasteiger partial charge in [0.2, 0.25) is 9.84 Å². The highest BCUT2D eigenvalue weighted by Gasteiger charge is 2.23. The predicted molar refractivity (Wildman–Crippen MR) is 102 cm³/mol. The van der Waals surface area contributed by atoms with Crippen molar-refractivity contribution in [2.45, 2.75) is 29.9 Å². The average Bonchev–Trinajstić information content (AvgIpc) is 2.63. The fourth-order valence-electron chi connectivity index (χ4n) is 2.86. The van der Waals surface area contributed by atoms with Crippen LogP contribution < -0.4 is 0 Å². The Morgan fingerprint density at radius 1 is 0.885 bits per heavy atom. The maximum atomic E-state index is 13.0. The van der Waals surface area contributed by atoms with Crippen molar-refractivity contribution in [1.82, 2.24) is 9.88 Å². The number of hydrogen-bond acceptors (Lipinski definition) is 4. The Bertz CT molecular complexity index is 968. The van der Waals surface area contributed by atoms with Gasteiger partial charge in [-0.15, -0.1) is 0 Å². The molecule has 1 heterocycles. The molecule has 0 aliphatic rings. The highest BCUT2D eigenvalue weighted by molar-refractivity contribution is 7.91. The highest BCUT2D eigenvalue weighted by Crippen LogP contribution is 2.23. The normalized spacial score (nSPS) is 11.7.